The Morgan fingerprint density at radius 3 is 2.31 bits per heavy atom. The van der Waals surface area contributed by atoms with E-state index in [0.29, 0.717) is 51.4 Å². The number of hydrogen-bond donors (Lipinski definition) is 0. The largest absolute Gasteiger partial charge is 0.336 e. The molecule has 1 saturated heterocycles. The normalized spacial score (nSPS) is 15.2. The Balaban J connectivity index is 1.65. The van der Waals surface area contributed by atoms with E-state index in [0.717, 1.165) is 5.56 Å². The fourth-order valence-electron chi connectivity index (χ4n) is 3.82. The molecular formula is C22H28N4O5S. The first-order chi connectivity index (χ1) is 15.3. The Hall–Kier alpha value is -2.82. The van der Waals surface area contributed by atoms with Crippen molar-refractivity contribution in [2.75, 3.05) is 39.3 Å². The molecule has 1 fully saturated rings. The van der Waals surface area contributed by atoms with Gasteiger partial charge in [-0.05, 0) is 23.8 Å². The van der Waals surface area contributed by atoms with E-state index in [2.05, 4.69) is 4.90 Å². The molecule has 1 aliphatic heterocycles. The number of carbonyl (C=O) groups is 1. The number of sulfonamides is 1. The zero-order valence-electron chi connectivity index (χ0n) is 18.3. The van der Waals surface area contributed by atoms with Crippen LogP contribution in [0.1, 0.15) is 29.8 Å². The van der Waals surface area contributed by atoms with E-state index in [1.54, 1.807) is 43.0 Å². The third-order valence-electron chi connectivity index (χ3n) is 5.61. The fraction of sp³-hybridized carbons (Fsp3) is 0.409. The minimum atomic E-state index is -3.63. The van der Waals surface area contributed by atoms with Gasteiger partial charge in [-0.3, -0.25) is 19.8 Å². The first-order valence-electron chi connectivity index (χ1n) is 10.6. The molecular weight excluding hydrogens is 432 g/mol. The van der Waals surface area contributed by atoms with Gasteiger partial charge in [0.1, 0.15) is 0 Å². The monoisotopic (exact) mass is 460 g/mol. The fourth-order valence-corrected chi connectivity index (χ4v) is 5.32. The number of nitrogens with zero attached hydrogens (tertiary/aromatic N) is 4. The molecule has 0 N–H and O–H groups in total. The van der Waals surface area contributed by atoms with Crippen LogP contribution in [0.15, 0.2) is 53.4 Å². The summed E-state index contributed by atoms with van der Waals surface area (Å²) in [6, 6.07) is 12.8. The Morgan fingerprint density at radius 1 is 1.03 bits per heavy atom. The first-order valence-corrected chi connectivity index (χ1v) is 12.1. The van der Waals surface area contributed by atoms with Crippen molar-refractivity contribution in [3.05, 3.63) is 69.8 Å². The van der Waals surface area contributed by atoms with Gasteiger partial charge >= 0.3 is 0 Å². The van der Waals surface area contributed by atoms with Crippen LogP contribution in [0, 0.1) is 10.1 Å². The number of benzene rings is 2. The maximum absolute atomic E-state index is 13.0. The number of carbonyl (C=O) groups excluding carboxylic acids is 1. The molecule has 1 aliphatic rings. The molecule has 32 heavy (non-hydrogen) atoms. The summed E-state index contributed by atoms with van der Waals surface area (Å²) in [6.07, 6.45) is 0. The number of non-ortho nitro benzene ring substituents is 1. The summed E-state index contributed by atoms with van der Waals surface area (Å²) in [5.74, 6) is -0.198. The van der Waals surface area contributed by atoms with Crippen LogP contribution in [-0.4, -0.2) is 72.6 Å². The van der Waals surface area contributed by atoms with Gasteiger partial charge in [-0.15, -0.1) is 0 Å². The van der Waals surface area contributed by atoms with E-state index < -0.39 is 14.9 Å². The van der Waals surface area contributed by atoms with Gasteiger partial charge in [0, 0.05) is 63.5 Å². The van der Waals surface area contributed by atoms with Crippen molar-refractivity contribution in [3.63, 3.8) is 0 Å². The van der Waals surface area contributed by atoms with Crippen molar-refractivity contribution >= 4 is 21.6 Å². The summed E-state index contributed by atoms with van der Waals surface area (Å²) in [5.41, 5.74) is 1.27. The van der Waals surface area contributed by atoms with Crippen LogP contribution >= 0.6 is 0 Å². The number of nitro benzene ring substituents is 1. The maximum Gasteiger partial charge on any atom is 0.269 e. The van der Waals surface area contributed by atoms with Gasteiger partial charge in [-0.1, -0.05) is 32.0 Å². The zero-order valence-corrected chi connectivity index (χ0v) is 19.1. The molecule has 0 radical (unpaired) electrons. The molecule has 2 aromatic carbocycles. The molecule has 0 saturated carbocycles. The maximum atomic E-state index is 13.0. The molecule has 0 spiro atoms. The molecule has 172 valence electrons. The lowest BCUT2D eigenvalue weighted by Gasteiger charge is -2.34. The van der Waals surface area contributed by atoms with Crippen molar-refractivity contribution in [1.29, 1.82) is 0 Å². The van der Waals surface area contributed by atoms with Crippen LogP contribution in [0.2, 0.25) is 0 Å². The van der Waals surface area contributed by atoms with Gasteiger partial charge in [0.05, 0.1) is 9.82 Å². The van der Waals surface area contributed by atoms with E-state index in [-0.39, 0.29) is 16.5 Å². The first kappa shape index (κ1) is 23.8. The average molecular weight is 461 g/mol. The molecule has 2 aromatic rings. The van der Waals surface area contributed by atoms with Crippen LogP contribution in [0.5, 0.6) is 0 Å². The zero-order chi connectivity index (χ0) is 23.3. The summed E-state index contributed by atoms with van der Waals surface area (Å²) >= 11 is 0. The predicted molar refractivity (Wildman–Crippen MR) is 121 cm³/mol. The summed E-state index contributed by atoms with van der Waals surface area (Å²) in [5, 5.41) is 11.0. The summed E-state index contributed by atoms with van der Waals surface area (Å²) in [6.45, 7) is 7.13. The van der Waals surface area contributed by atoms with Gasteiger partial charge in [0.15, 0.2) is 0 Å². The Morgan fingerprint density at radius 2 is 1.69 bits per heavy atom. The second kappa shape index (κ2) is 10.2. The van der Waals surface area contributed by atoms with Crippen LogP contribution in [-0.2, 0) is 16.6 Å². The van der Waals surface area contributed by atoms with E-state index in [4.69, 9.17) is 0 Å². The van der Waals surface area contributed by atoms with Crippen molar-refractivity contribution in [2.24, 2.45) is 0 Å². The second-order valence-electron chi connectivity index (χ2n) is 7.61. The van der Waals surface area contributed by atoms with Gasteiger partial charge in [-0.25, -0.2) is 8.42 Å². The lowest BCUT2D eigenvalue weighted by Crippen LogP contribution is -2.48. The second-order valence-corrected chi connectivity index (χ2v) is 9.55. The highest BCUT2D eigenvalue weighted by molar-refractivity contribution is 7.89. The Labute approximate surface area is 188 Å². The number of piperazine rings is 1. The average Bonchev–Trinajstić information content (AvgIpc) is 2.80. The van der Waals surface area contributed by atoms with Crippen molar-refractivity contribution in [2.45, 2.75) is 25.3 Å². The lowest BCUT2D eigenvalue weighted by molar-refractivity contribution is -0.384. The Bertz CT molecular complexity index is 1080. The van der Waals surface area contributed by atoms with Crippen molar-refractivity contribution < 1.29 is 18.1 Å². The molecule has 10 heteroatoms. The lowest BCUT2D eigenvalue weighted by atomic mass is 10.1. The van der Waals surface area contributed by atoms with E-state index >= 15 is 0 Å². The topological polar surface area (TPSA) is 104 Å². The molecule has 1 amide bonds. The standard InChI is InChI=1S/C22H28N4O5S/c1-3-25(4-2)32(30,31)21-10-6-8-19(16-21)22(27)24-13-11-23(12-14-24)17-18-7-5-9-20(15-18)26(28)29/h5-10,15-16H,3-4,11-14,17H2,1-2H3. The molecule has 0 bridgehead atoms. The Kier molecular flexibility index (Phi) is 7.60. The minimum Gasteiger partial charge on any atom is -0.336 e. The van der Waals surface area contributed by atoms with Crippen LogP contribution < -0.4 is 0 Å². The van der Waals surface area contributed by atoms with Crippen molar-refractivity contribution in [3.8, 4) is 0 Å². The molecule has 3 rings (SSSR count). The number of rotatable bonds is 8. The summed E-state index contributed by atoms with van der Waals surface area (Å²) in [7, 11) is -3.63. The quantitative estimate of drug-likeness (QED) is 0.443. The SMILES string of the molecule is CCN(CC)S(=O)(=O)c1cccc(C(=O)N2CCN(Cc3cccc([N+](=O)[O-])c3)CC2)c1. The van der Waals surface area contributed by atoms with Gasteiger partial charge < -0.3 is 4.90 Å². The van der Waals surface area contributed by atoms with Crippen LogP contribution in [0.3, 0.4) is 0 Å². The van der Waals surface area contributed by atoms with Gasteiger partial charge in [-0.2, -0.15) is 4.31 Å². The number of hydrogen-bond acceptors (Lipinski definition) is 6. The van der Waals surface area contributed by atoms with Crippen molar-refractivity contribution in [1.82, 2.24) is 14.1 Å². The minimum absolute atomic E-state index is 0.0656. The molecule has 1 heterocycles. The highest BCUT2D eigenvalue weighted by Crippen LogP contribution is 2.20. The predicted octanol–water partition coefficient (Wildman–Crippen LogP) is 2.58. The molecule has 0 atom stereocenters. The van der Waals surface area contributed by atoms with Crippen LogP contribution in [0.25, 0.3) is 0 Å². The highest BCUT2D eigenvalue weighted by atomic mass is 32.2. The third kappa shape index (κ3) is 5.32. The highest BCUT2D eigenvalue weighted by Gasteiger charge is 2.26. The van der Waals surface area contributed by atoms with E-state index in [9.17, 15) is 23.3 Å². The molecule has 9 nitrogen and oxygen atoms in total. The third-order valence-corrected chi connectivity index (χ3v) is 7.66. The van der Waals surface area contributed by atoms with Gasteiger partial charge in [0.2, 0.25) is 10.0 Å². The van der Waals surface area contributed by atoms with Crippen LogP contribution in [0.4, 0.5) is 5.69 Å². The number of amides is 1. The number of nitro groups is 1. The summed E-state index contributed by atoms with van der Waals surface area (Å²) < 4.78 is 26.9. The molecule has 0 aromatic heterocycles. The summed E-state index contributed by atoms with van der Waals surface area (Å²) in [4.78, 5) is 27.5. The molecule has 0 unspecified atom stereocenters. The molecule has 0 aliphatic carbocycles. The smallest absolute Gasteiger partial charge is 0.269 e. The van der Waals surface area contributed by atoms with E-state index in [1.165, 1.54) is 22.5 Å². The van der Waals surface area contributed by atoms with E-state index in [1.807, 2.05) is 6.07 Å². The van der Waals surface area contributed by atoms with Gasteiger partial charge in [0.25, 0.3) is 11.6 Å².